The van der Waals surface area contributed by atoms with Crippen LogP contribution in [-0.2, 0) is 11.8 Å². The quantitative estimate of drug-likeness (QED) is 0.754. The van der Waals surface area contributed by atoms with E-state index in [0.29, 0.717) is 29.2 Å². The van der Waals surface area contributed by atoms with Crippen molar-refractivity contribution in [2.45, 2.75) is 6.92 Å². The fourth-order valence-corrected chi connectivity index (χ4v) is 1.61. The summed E-state index contributed by atoms with van der Waals surface area (Å²) in [5, 5.41) is 0. The molecule has 2 heterocycles. The Morgan fingerprint density at radius 1 is 1.50 bits per heavy atom. The molecule has 0 aromatic carbocycles. The molecule has 0 atom stereocenters. The fourth-order valence-electron chi connectivity index (χ4n) is 1.61. The molecule has 0 aliphatic heterocycles. The number of aromatic nitrogens is 3. The SMILES string of the molecule is CCOC(=O)c1c(N)c2nccnc2n1C. The first-order valence-electron chi connectivity index (χ1n) is 4.88. The van der Waals surface area contributed by atoms with Crippen LogP contribution in [0.1, 0.15) is 17.4 Å². The Bertz CT molecular complexity index is 508. The van der Waals surface area contributed by atoms with Crippen molar-refractivity contribution in [2.75, 3.05) is 12.3 Å². The first-order valence-corrected chi connectivity index (χ1v) is 4.88. The topological polar surface area (TPSA) is 83.0 Å². The molecule has 0 bridgehead atoms. The summed E-state index contributed by atoms with van der Waals surface area (Å²) in [6.45, 7) is 2.05. The van der Waals surface area contributed by atoms with E-state index in [1.807, 2.05) is 0 Å². The van der Waals surface area contributed by atoms with E-state index in [2.05, 4.69) is 9.97 Å². The molecule has 0 aliphatic rings. The Balaban J connectivity index is 2.66. The van der Waals surface area contributed by atoms with Crippen LogP contribution in [0.25, 0.3) is 11.2 Å². The molecular weight excluding hydrogens is 208 g/mol. The fraction of sp³-hybridized carbons (Fsp3) is 0.300. The second kappa shape index (κ2) is 3.80. The number of nitrogen functional groups attached to an aromatic ring is 1. The number of aryl methyl sites for hydroxylation is 1. The van der Waals surface area contributed by atoms with E-state index in [4.69, 9.17) is 10.5 Å². The van der Waals surface area contributed by atoms with Crippen molar-refractivity contribution in [2.24, 2.45) is 7.05 Å². The average Bonchev–Trinajstić information content (AvgIpc) is 2.53. The molecule has 2 aromatic heterocycles. The number of hydrogen-bond acceptors (Lipinski definition) is 5. The lowest BCUT2D eigenvalue weighted by molar-refractivity contribution is 0.0517. The molecule has 84 valence electrons. The van der Waals surface area contributed by atoms with Gasteiger partial charge in [0.05, 0.1) is 12.3 Å². The van der Waals surface area contributed by atoms with Crippen LogP contribution in [0.4, 0.5) is 5.69 Å². The highest BCUT2D eigenvalue weighted by Crippen LogP contribution is 2.24. The Labute approximate surface area is 92.0 Å². The summed E-state index contributed by atoms with van der Waals surface area (Å²) in [7, 11) is 1.71. The summed E-state index contributed by atoms with van der Waals surface area (Å²) in [6, 6.07) is 0. The van der Waals surface area contributed by atoms with Gasteiger partial charge in [-0.2, -0.15) is 0 Å². The van der Waals surface area contributed by atoms with Crippen LogP contribution in [0.15, 0.2) is 12.4 Å². The van der Waals surface area contributed by atoms with E-state index < -0.39 is 5.97 Å². The largest absolute Gasteiger partial charge is 0.461 e. The first kappa shape index (κ1) is 10.4. The van der Waals surface area contributed by atoms with Gasteiger partial charge in [-0.25, -0.2) is 14.8 Å². The average molecular weight is 220 g/mol. The van der Waals surface area contributed by atoms with E-state index in [1.165, 1.54) is 6.20 Å². The van der Waals surface area contributed by atoms with Crippen molar-refractivity contribution < 1.29 is 9.53 Å². The molecule has 6 nitrogen and oxygen atoms in total. The first-order chi connectivity index (χ1) is 7.66. The molecule has 2 N–H and O–H groups in total. The Kier molecular flexibility index (Phi) is 2.47. The Morgan fingerprint density at radius 2 is 2.19 bits per heavy atom. The maximum Gasteiger partial charge on any atom is 0.357 e. The molecule has 0 radical (unpaired) electrons. The Hall–Kier alpha value is -2.11. The number of nitrogens with two attached hydrogens (primary N) is 1. The number of nitrogens with zero attached hydrogens (tertiary/aromatic N) is 3. The maximum absolute atomic E-state index is 11.7. The third kappa shape index (κ3) is 1.39. The van der Waals surface area contributed by atoms with E-state index in [-0.39, 0.29) is 0 Å². The van der Waals surface area contributed by atoms with Gasteiger partial charge in [0, 0.05) is 19.4 Å². The number of fused-ring (bicyclic) bond motifs is 1. The summed E-state index contributed by atoms with van der Waals surface area (Å²) in [5.41, 5.74) is 7.54. The molecule has 2 aromatic rings. The highest BCUT2D eigenvalue weighted by atomic mass is 16.5. The minimum Gasteiger partial charge on any atom is -0.461 e. The van der Waals surface area contributed by atoms with E-state index >= 15 is 0 Å². The smallest absolute Gasteiger partial charge is 0.357 e. The summed E-state index contributed by atoms with van der Waals surface area (Å²) < 4.78 is 6.52. The molecule has 0 saturated carbocycles. The highest BCUT2D eigenvalue weighted by Gasteiger charge is 2.21. The van der Waals surface area contributed by atoms with Crippen LogP contribution in [0, 0.1) is 0 Å². The van der Waals surface area contributed by atoms with Crippen LogP contribution in [0.3, 0.4) is 0 Å². The molecule has 0 amide bonds. The van der Waals surface area contributed by atoms with Crippen LogP contribution < -0.4 is 5.73 Å². The number of carbonyl (C=O) groups is 1. The standard InChI is InChI=1S/C10H12N4O2/c1-3-16-10(15)8-6(11)7-9(14(8)2)13-5-4-12-7/h4-5H,3,11H2,1-2H3. The van der Waals surface area contributed by atoms with Crippen molar-refractivity contribution in [1.29, 1.82) is 0 Å². The predicted molar refractivity (Wildman–Crippen MR) is 58.9 cm³/mol. The van der Waals surface area contributed by atoms with Gasteiger partial charge in [-0.1, -0.05) is 0 Å². The van der Waals surface area contributed by atoms with Crippen molar-refractivity contribution in [3.63, 3.8) is 0 Å². The van der Waals surface area contributed by atoms with Gasteiger partial charge in [0.25, 0.3) is 0 Å². The van der Waals surface area contributed by atoms with Crippen molar-refractivity contribution in [1.82, 2.24) is 14.5 Å². The van der Waals surface area contributed by atoms with Gasteiger partial charge >= 0.3 is 5.97 Å². The molecule has 2 rings (SSSR count). The van der Waals surface area contributed by atoms with Crippen LogP contribution in [0.5, 0.6) is 0 Å². The normalized spacial score (nSPS) is 10.6. The summed E-state index contributed by atoms with van der Waals surface area (Å²) in [4.78, 5) is 19.9. The van der Waals surface area contributed by atoms with E-state index in [9.17, 15) is 4.79 Å². The maximum atomic E-state index is 11.7. The summed E-state index contributed by atoms with van der Waals surface area (Å²) in [5.74, 6) is -0.456. The third-order valence-corrected chi connectivity index (χ3v) is 2.31. The molecule has 0 fully saturated rings. The number of anilines is 1. The summed E-state index contributed by atoms with van der Waals surface area (Å²) >= 11 is 0. The van der Waals surface area contributed by atoms with Gasteiger partial charge < -0.3 is 15.0 Å². The minimum absolute atomic E-state index is 0.294. The van der Waals surface area contributed by atoms with Crippen LogP contribution in [-0.4, -0.2) is 27.1 Å². The highest BCUT2D eigenvalue weighted by molar-refractivity contribution is 6.03. The number of rotatable bonds is 2. The van der Waals surface area contributed by atoms with E-state index in [0.717, 1.165) is 0 Å². The van der Waals surface area contributed by atoms with Crippen molar-refractivity contribution in [3.05, 3.63) is 18.1 Å². The van der Waals surface area contributed by atoms with E-state index in [1.54, 1.807) is 24.7 Å². The number of esters is 1. The zero-order chi connectivity index (χ0) is 11.7. The molecule has 0 saturated heterocycles. The molecule has 6 heteroatoms. The van der Waals surface area contributed by atoms with Crippen molar-refractivity contribution in [3.8, 4) is 0 Å². The van der Waals surface area contributed by atoms with Crippen LogP contribution in [0.2, 0.25) is 0 Å². The Morgan fingerprint density at radius 3 is 2.81 bits per heavy atom. The van der Waals surface area contributed by atoms with Gasteiger partial charge in [0.15, 0.2) is 11.3 Å². The van der Waals surface area contributed by atoms with Gasteiger partial charge in [0.1, 0.15) is 5.52 Å². The predicted octanol–water partition coefficient (Wildman–Crippen LogP) is 0.727. The van der Waals surface area contributed by atoms with Crippen molar-refractivity contribution >= 4 is 22.8 Å². The molecule has 0 spiro atoms. The molecular formula is C10H12N4O2. The number of carbonyl (C=O) groups excluding carboxylic acids is 1. The molecule has 0 unspecified atom stereocenters. The second-order valence-corrected chi connectivity index (χ2v) is 3.27. The van der Waals surface area contributed by atoms with Gasteiger partial charge in [-0.15, -0.1) is 0 Å². The van der Waals surface area contributed by atoms with Crippen LogP contribution >= 0.6 is 0 Å². The van der Waals surface area contributed by atoms with Gasteiger partial charge in [-0.3, -0.25) is 0 Å². The number of hydrogen-bond donors (Lipinski definition) is 1. The third-order valence-electron chi connectivity index (χ3n) is 2.31. The van der Waals surface area contributed by atoms with Gasteiger partial charge in [-0.05, 0) is 6.92 Å². The lowest BCUT2D eigenvalue weighted by Crippen LogP contribution is -2.11. The lowest BCUT2D eigenvalue weighted by atomic mass is 10.3. The second-order valence-electron chi connectivity index (χ2n) is 3.27. The zero-order valence-electron chi connectivity index (χ0n) is 9.10. The molecule has 0 aliphatic carbocycles. The van der Waals surface area contributed by atoms with Gasteiger partial charge in [0.2, 0.25) is 0 Å². The summed E-state index contributed by atoms with van der Waals surface area (Å²) in [6.07, 6.45) is 3.09. The zero-order valence-corrected chi connectivity index (χ0v) is 9.10. The number of ether oxygens (including phenoxy) is 1. The molecule has 16 heavy (non-hydrogen) atoms. The lowest BCUT2D eigenvalue weighted by Gasteiger charge is -2.03. The monoisotopic (exact) mass is 220 g/mol. The minimum atomic E-state index is -0.456.